The number of rotatable bonds is 1. The summed E-state index contributed by atoms with van der Waals surface area (Å²) in [6.07, 6.45) is 11.5. The predicted octanol–water partition coefficient (Wildman–Crippen LogP) is 2.99. The van der Waals surface area contributed by atoms with Gasteiger partial charge in [0, 0.05) is 0 Å². The number of allylic oxidation sites excluding steroid dienone is 2. The fourth-order valence-corrected chi connectivity index (χ4v) is 1.75. The van der Waals surface area contributed by atoms with Crippen LogP contribution in [0.15, 0.2) is 12.2 Å². The zero-order valence-electron chi connectivity index (χ0n) is 8.04. The summed E-state index contributed by atoms with van der Waals surface area (Å²) in [5.74, 6) is -0.725. The highest BCUT2D eigenvalue weighted by Gasteiger charge is 2.15. The second-order valence-electron chi connectivity index (χ2n) is 3.72. The molecule has 0 aromatic rings. The van der Waals surface area contributed by atoms with Gasteiger partial charge in [-0.05, 0) is 32.1 Å². The number of hydrogen-bond donors (Lipinski definition) is 1. The van der Waals surface area contributed by atoms with E-state index in [1.807, 2.05) is 0 Å². The average molecular weight is 182 g/mol. The summed E-state index contributed by atoms with van der Waals surface area (Å²) < 4.78 is 0. The first-order chi connectivity index (χ1) is 6.30. The Hall–Kier alpha value is -0.790. The topological polar surface area (TPSA) is 37.3 Å². The summed E-state index contributed by atoms with van der Waals surface area (Å²) in [6, 6.07) is 0. The summed E-state index contributed by atoms with van der Waals surface area (Å²) in [4.78, 5) is 10.8. The van der Waals surface area contributed by atoms with Crippen LogP contribution >= 0.6 is 0 Å². The van der Waals surface area contributed by atoms with Crippen molar-refractivity contribution >= 4 is 5.97 Å². The standard InChI is InChI=1S/C11H18O2/c12-11(13)10-8-6-4-2-1-3-5-7-9-10/h2,4,10H,1,3,5-9H2,(H,12,13). The lowest BCUT2D eigenvalue weighted by Gasteiger charge is -2.11. The number of hydrogen-bond acceptors (Lipinski definition) is 1. The quantitative estimate of drug-likeness (QED) is 0.633. The van der Waals surface area contributed by atoms with E-state index in [2.05, 4.69) is 12.2 Å². The first kappa shape index (κ1) is 10.3. The van der Waals surface area contributed by atoms with Crippen LogP contribution in [0.25, 0.3) is 0 Å². The molecular weight excluding hydrogens is 164 g/mol. The SMILES string of the molecule is O=C(O)C1CCC=CCCCCC1. The van der Waals surface area contributed by atoms with Crippen LogP contribution < -0.4 is 0 Å². The maximum Gasteiger partial charge on any atom is 0.306 e. The molecule has 0 bridgehead atoms. The summed E-state index contributed by atoms with van der Waals surface area (Å²) in [5.41, 5.74) is 0. The number of carbonyl (C=O) groups is 1. The van der Waals surface area contributed by atoms with Crippen LogP contribution in [0.3, 0.4) is 0 Å². The molecule has 0 spiro atoms. The lowest BCUT2D eigenvalue weighted by atomic mass is 9.95. The van der Waals surface area contributed by atoms with E-state index >= 15 is 0 Å². The molecule has 0 saturated carbocycles. The van der Waals surface area contributed by atoms with Crippen molar-refractivity contribution in [1.82, 2.24) is 0 Å². The Morgan fingerprint density at radius 3 is 2.62 bits per heavy atom. The van der Waals surface area contributed by atoms with Crippen LogP contribution in [-0.2, 0) is 4.79 Å². The minimum Gasteiger partial charge on any atom is -0.481 e. The molecule has 2 nitrogen and oxygen atoms in total. The van der Waals surface area contributed by atoms with Gasteiger partial charge < -0.3 is 5.11 Å². The van der Waals surface area contributed by atoms with Gasteiger partial charge >= 0.3 is 5.97 Å². The molecule has 0 amide bonds. The molecule has 1 aliphatic carbocycles. The summed E-state index contributed by atoms with van der Waals surface area (Å²) in [5, 5.41) is 8.89. The van der Waals surface area contributed by atoms with Crippen LogP contribution in [0.2, 0.25) is 0 Å². The minimum absolute atomic E-state index is 0.109. The molecular formula is C11H18O2. The Balaban J connectivity index is 2.40. The smallest absolute Gasteiger partial charge is 0.306 e. The van der Waals surface area contributed by atoms with Crippen LogP contribution in [0.1, 0.15) is 44.9 Å². The van der Waals surface area contributed by atoms with Crippen molar-refractivity contribution in [3.63, 3.8) is 0 Å². The summed E-state index contributed by atoms with van der Waals surface area (Å²) in [7, 11) is 0. The molecule has 1 atom stereocenters. The number of carboxylic acids is 1. The third kappa shape index (κ3) is 4.11. The highest BCUT2D eigenvalue weighted by atomic mass is 16.4. The van der Waals surface area contributed by atoms with Gasteiger partial charge in [-0.2, -0.15) is 0 Å². The Morgan fingerprint density at radius 1 is 1.08 bits per heavy atom. The lowest BCUT2D eigenvalue weighted by Crippen LogP contribution is -2.13. The zero-order valence-corrected chi connectivity index (χ0v) is 8.04. The van der Waals surface area contributed by atoms with Crippen molar-refractivity contribution < 1.29 is 9.90 Å². The summed E-state index contributed by atoms with van der Waals surface area (Å²) >= 11 is 0. The maximum atomic E-state index is 10.8. The lowest BCUT2D eigenvalue weighted by molar-refractivity contribution is -0.142. The molecule has 13 heavy (non-hydrogen) atoms. The van der Waals surface area contributed by atoms with E-state index in [9.17, 15) is 4.79 Å². The van der Waals surface area contributed by atoms with Crippen molar-refractivity contribution in [3.8, 4) is 0 Å². The minimum atomic E-state index is -0.617. The second-order valence-corrected chi connectivity index (χ2v) is 3.72. The second kappa shape index (κ2) is 5.79. The fraction of sp³-hybridized carbons (Fsp3) is 0.727. The van der Waals surface area contributed by atoms with Gasteiger partial charge in [-0.1, -0.05) is 25.0 Å². The highest BCUT2D eigenvalue weighted by molar-refractivity contribution is 5.69. The molecule has 0 heterocycles. The number of aliphatic carboxylic acids is 1. The van der Waals surface area contributed by atoms with Crippen LogP contribution in [0.5, 0.6) is 0 Å². The Bertz CT molecular complexity index is 185. The number of carboxylic acid groups (broad SMARTS) is 1. The van der Waals surface area contributed by atoms with Gasteiger partial charge in [0.25, 0.3) is 0 Å². The largest absolute Gasteiger partial charge is 0.481 e. The third-order valence-electron chi connectivity index (χ3n) is 2.62. The Kier molecular flexibility index (Phi) is 4.58. The molecule has 74 valence electrons. The molecule has 0 aliphatic heterocycles. The van der Waals surface area contributed by atoms with Gasteiger partial charge in [-0.15, -0.1) is 0 Å². The van der Waals surface area contributed by atoms with E-state index in [0.717, 1.165) is 32.1 Å². The zero-order chi connectivity index (χ0) is 9.52. The van der Waals surface area contributed by atoms with E-state index in [-0.39, 0.29) is 5.92 Å². The van der Waals surface area contributed by atoms with Crippen molar-refractivity contribution in [1.29, 1.82) is 0 Å². The molecule has 2 heteroatoms. The third-order valence-corrected chi connectivity index (χ3v) is 2.62. The molecule has 0 radical (unpaired) electrons. The fourth-order valence-electron chi connectivity index (χ4n) is 1.75. The van der Waals surface area contributed by atoms with E-state index in [0.29, 0.717) is 0 Å². The van der Waals surface area contributed by atoms with Crippen molar-refractivity contribution in [3.05, 3.63) is 12.2 Å². The normalized spacial score (nSPS) is 25.4. The van der Waals surface area contributed by atoms with E-state index < -0.39 is 5.97 Å². The van der Waals surface area contributed by atoms with E-state index in [1.54, 1.807) is 0 Å². The van der Waals surface area contributed by atoms with Gasteiger partial charge in [0.2, 0.25) is 0 Å². The van der Waals surface area contributed by atoms with Crippen LogP contribution in [0.4, 0.5) is 0 Å². The Morgan fingerprint density at radius 2 is 1.85 bits per heavy atom. The van der Waals surface area contributed by atoms with Gasteiger partial charge in [0.1, 0.15) is 0 Å². The first-order valence-electron chi connectivity index (χ1n) is 5.18. The van der Waals surface area contributed by atoms with Crippen molar-refractivity contribution in [2.45, 2.75) is 44.9 Å². The molecule has 0 aromatic carbocycles. The molecule has 1 unspecified atom stereocenters. The van der Waals surface area contributed by atoms with Crippen LogP contribution in [-0.4, -0.2) is 11.1 Å². The van der Waals surface area contributed by atoms with Gasteiger partial charge in [-0.25, -0.2) is 0 Å². The van der Waals surface area contributed by atoms with Crippen LogP contribution in [0, 0.1) is 5.92 Å². The highest BCUT2D eigenvalue weighted by Crippen LogP contribution is 2.18. The monoisotopic (exact) mass is 182 g/mol. The average Bonchev–Trinajstić information content (AvgIpc) is 2.14. The van der Waals surface area contributed by atoms with E-state index in [4.69, 9.17) is 5.11 Å². The predicted molar refractivity (Wildman–Crippen MR) is 52.6 cm³/mol. The molecule has 1 aliphatic rings. The maximum absolute atomic E-state index is 10.8. The van der Waals surface area contributed by atoms with Crippen molar-refractivity contribution in [2.24, 2.45) is 5.92 Å². The molecule has 0 fully saturated rings. The van der Waals surface area contributed by atoms with Crippen molar-refractivity contribution in [2.75, 3.05) is 0 Å². The van der Waals surface area contributed by atoms with Gasteiger partial charge in [-0.3, -0.25) is 4.79 Å². The van der Waals surface area contributed by atoms with E-state index in [1.165, 1.54) is 12.8 Å². The van der Waals surface area contributed by atoms with Gasteiger partial charge in [0.05, 0.1) is 5.92 Å². The summed E-state index contributed by atoms with van der Waals surface area (Å²) in [6.45, 7) is 0. The molecule has 0 aromatic heterocycles. The molecule has 0 saturated heterocycles. The molecule has 1 N–H and O–H groups in total. The Labute approximate surface area is 79.6 Å². The first-order valence-corrected chi connectivity index (χ1v) is 5.18. The molecule has 1 rings (SSSR count). The van der Waals surface area contributed by atoms with Gasteiger partial charge in [0.15, 0.2) is 0 Å².